The zero-order chi connectivity index (χ0) is 24.3. The molecule has 0 aliphatic heterocycles. The van der Waals surface area contributed by atoms with E-state index in [1.54, 1.807) is 11.9 Å². The molecule has 2 amide bonds. The van der Waals surface area contributed by atoms with Gasteiger partial charge in [-0.1, -0.05) is 44.4 Å². The summed E-state index contributed by atoms with van der Waals surface area (Å²) < 4.78 is 10.8. The minimum absolute atomic E-state index is 0.225. The predicted octanol–water partition coefficient (Wildman–Crippen LogP) is 4.32. The standard InChI is InChI=1S/C27H37N3O4/c1-4-20-10-13-22(28-19-20)16-17-34-24-14-11-21(12-15-24)18-25(26(31)33-3)29-27(32)30(2)23-8-6-5-7-9-23/h10-15,19,23,25H,4-9,16-18H2,1-3H3,(H,29,32). The van der Waals surface area contributed by atoms with Gasteiger partial charge in [0, 0.05) is 37.8 Å². The molecule has 3 rings (SSSR count). The van der Waals surface area contributed by atoms with Crippen LogP contribution in [0.4, 0.5) is 4.79 Å². The van der Waals surface area contributed by atoms with Crippen LogP contribution < -0.4 is 10.1 Å². The number of rotatable bonds is 10. The molecule has 2 aromatic rings. The summed E-state index contributed by atoms with van der Waals surface area (Å²) >= 11 is 0. The fourth-order valence-electron chi connectivity index (χ4n) is 4.26. The van der Waals surface area contributed by atoms with Crippen LogP contribution in [-0.4, -0.2) is 54.7 Å². The number of nitrogens with one attached hydrogen (secondary N) is 1. The van der Waals surface area contributed by atoms with E-state index < -0.39 is 12.0 Å². The van der Waals surface area contributed by atoms with Crippen molar-refractivity contribution < 1.29 is 19.1 Å². The Labute approximate surface area is 202 Å². The Balaban J connectivity index is 1.51. The fraction of sp³-hybridized carbons (Fsp3) is 0.519. The molecule has 1 aliphatic rings. The first-order chi connectivity index (χ1) is 16.5. The van der Waals surface area contributed by atoms with E-state index in [2.05, 4.69) is 23.3 Å². The number of benzene rings is 1. The second-order valence-electron chi connectivity index (χ2n) is 8.89. The average molecular weight is 468 g/mol. The molecule has 34 heavy (non-hydrogen) atoms. The molecule has 1 heterocycles. The van der Waals surface area contributed by atoms with E-state index in [0.717, 1.165) is 55.5 Å². The molecule has 1 atom stereocenters. The second-order valence-corrected chi connectivity index (χ2v) is 8.89. The number of hydrogen-bond acceptors (Lipinski definition) is 5. The Bertz CT molecular complexity index is 908. The molecule has 0 spiro atoms. The van der Waals surface area contributed by atoms with Gasteiger partial charge in [-0.3, -0.25) is 4.98 Å². The van der Waals surface area contributed by atoms with E-state index in [4.69, 9.17) is 9.47 Å². The number of aryl methyl sites for hydroxylation is 1. The molecule has 1 unspecified atom stereocenters. The van der Waals surface area contributed by atoms with E-state index in [0.29, 0.717) is 13.0 Å². The number of aromatic nitrogens is 1. The summed E-state index contributed by atoms with van der Waals surface area (Å²) in [6, 6.07) is 11.0. The lowest BCUT2D eigenvalue weighted by Crippen LogP contribution is -2.51. The highest BCUT2D eigenvalue weighted by atomic mass is 16.5. The van der Waals surface area contributed by atoms with Crippen LogP contribution in [0.1, 0.15) is 55.8 Å². The summed E-state index contributed by atoms with van der Waals surface area (Å²) in [5.74, 6) is 0.303. The van der Waals surface area contributed by atoms with Gasteiger partial charge in [-0.15, -0.1) is 0 Å². The lowest BCUT2D eigenvalue weighted by molar-refractivity contribution is -0.142. The van der Waals surface area contributed by atoms with E-state index in [-0.39, 0.29) is 12.1 Å². The summed E-state index contributed by atoms with van der Waals surface area (Å²) in [4.78, 5) is 31.3. The second kappa shape index (κ2) is 13.0. The van der Waals surface area contributed by atoms with Crippen LogP contribution in [0.2, 0.25) is 0 Å². The lowest BCUT2D eigenvalue weighted by atomic mass is 9.95. The maximum atomic E-state index is 12.8. The van der Waals surface area contributed by atoms with E-state index >= 15 is 0 Å². The molecule has 1 fully saturated rings. The first kappa shape index (κ1) is 25.5. The smallest absolute Gasteiger partial charge is 0.328 e. The Kier molecular flexibility index (Phi) is 9.74. The van der Waals surface area contributed by atoms with Gasteiger partial charge in [0.05, 0.1) is 13.7 Å². The predicted molar refractivity (Wildman–Crippen MR) is 132 cm³/mol. The Morgan fingerprint density at radius 3 is 2.41 bits per heavy atom. The van der Waals surface area contributed by atoms with Gasteiger partial charge in [0.15, 0.2) is 0 Å². The van der Waals surface area contributed by atoms with Crippen molar-refractivity contribution in [2.45, 2.75) is 70.4 Å². The third-order valence-corrected chi connectivity index (χ3v) is 6.51. The summed E-state index contributed by atoms with van der Waals surface area (Å²) in [5.41, 5.74) is 3.14. The van der Waals surface area contributed by atoms with Crippen molar-refractivity contribution in [2.24, 2.45) is 0 Å². The van der Waals surface area contributed by atoms with Crippen LogP contribution in [0.3, 0.4) is 0 Å². The highest BCUT2D eigenvalue weighted by Crippen LogP contribution is 2.22. The summed E-state index contributed by atoms with van der Waals surface area (Å²) in [5, 5.41) is 2.86. The first-order valence-corrected chi connectivity index (χ1v) is 12.3. The summed E-state index contributed by atoms with van der Waals surface area (Å²) in [7, 11) is 3.15. The van der Waals surface area contributed by atoms with Gasteiger partial charge in [0.25, 0.3) is 0 Å². The molecule has 1 aromatic heterocycles. The zero-order valence-electron chi connectivity index (χ0n) is 20.6. The van der Waals surface area contributed by atoms with Gasteiger partial charge in [0.1, 0.15) is 11.8 Å². The monoisotopic (exact) mass is 467 g/mol. The number of pyridine rings is 1. The molecule has 1 aliphatic carbocycles. The molecule has 0 saturated heterocycles. The molecule has 7 nitrogen and oxygen atoms in total. The topological polar surface area (TPSA) is 80.8 Å². The maximum absolute atomic E-state index is 12.8. The number of nitrogens with zero attached hydrogens (tertiary/aromatic N) is 2. The first-order valence-electron chi connectivity index (χ1n) is 12.3. The minimum atomic E-state index is -0.743. The number of esters is 1. The number of carbonyl (C=O) groups is 2. The largest absolute Gasteiger partial charge is 0.493 e. The minimum Gasteiger partial charge on any atom is -0.493 e. The number of amides is 2. The van der Waals surface area contributed by atoms with Gasteiger partial charge >= 0.3 is 12.0 Å². The van der Waals surface area contributed by atoms with Crippen LogP contribution in [-0.2, 0) is 28.8 Å². The van der Waals surface area contributed by atoms with Crippen LogP contribution in [0.15, 0.2) is 42.6 Å². The zero-order valence-corrected chi connectivity index (χ0v) is 20.6. The maximum Gasteiger partial charge on any atom is 0.328 e. The van der Waals surface area contributed by atoms with E-state index in [1.165, 1.54) is 19.1 Å². The van der Waals surface area contributed by atoms with Crippen molar-refractivity contribution in [1.82, 2.24) is 15.2 Å². The van der Waals surface area contributed by atoms with Crippen molar-refractivity contribution in [1.29, 1.82) is 0 Å². The Hall–Kier alpha value is -3.09. The van der Waals surface area contributed by atoms with Gasteiger partial charge in [-0.2, -0.15) is 0 Å². The average Bonchev–Trinajstić information content (AvgIpc) is 2.89. The van der Waals surface area contributed by atoms with Crippen molar-refractivity contribution in [3.05, 3.63) is 59.4 Å². The molecule has 1 N–H and O–H groups in total. The third kappa shape index (κ3) is 7.47. The molecular weight excluding hydrogens is 430 g/mol. The number of urea groups is 1. The van der Waals surface area contributed by atoms with E-state index in [9.17, 15) is 9.59 Å². The van der Waals surface area contributed by atoms with E-state index in [1.807, 2.05) is 36.5 Å². The quantitative estimate of drug-likeness (QED) is 0.526. The van der Waals surface area contributed by atoms with Gasteiger partial charge in [-0.25, -0.2) is 9.59 Å². The molecule has 0 bridgehead atoms. The number of hydrogen-bond donors (Lipinski definition) is 1. The normalized spacial score (nSPS) is 14.8. The van der Waals surface area contributed by atoms with Crippen molar-refractivity contribution >= 4 is 12.0 Å². The van der Waals surface area contributed by atoms with Gasteiger partial charge < -0.3 is 19.7 Å². The van der Waals surface area contributed by atoms with Crippen molar-refractivity contribution in [3.63, 3.8) is 0 Å². The molecule has 0 radical (unpaired) electrons. The molecule has 1 saturated carbocycles. The fourth-order valence-corrected chi connectivity index (χ4v) is 4.26. The highest BCUT2D eigenvalue weighted by molar-refractivity contribution is 5.83. The summed E-state index contributed by atoms with van der Waals surface area (Å²) in [6.07, 6.45) is 9.49. The molecular formula is C27H37N3O4. The number of carbonyl (C=O) groups excluding carboxylic acids is 2. The van der Waals surface area contributed by atoms with Crippen LogP contribution in [0.5, 0.6) is 5.75 Å². The van der Waals surface area contributed by atoms with Crippen LogP contribution in [0.25, 0.3) is 0 Å². The van der Waals surface area contributed by atoms with Crippen LogP contribution in [0, 0.1) is 0 Å². The number of methoxy groups -OCH3 is 1. The highest BCUT2D eigenvalue weighted by Gasteiger charge is 2.27. The molecule has 7 heteroatoms. The van der Waals surface area contributed by atoms with Gasteiger partial charge in [-0.05, 0) is 48.6 Å². The Morgan fingerprint density at radius 2 is 1.79 bits per heavy atom. The summed E-state index contributed by atoms with van der Waals surface area (Å²) in [6.45, 7) is 2.65. The number of ether oxygens (including phenoxy) is 2. The van der Waals surface area contributed by atoms with Gasteiger partial charge in [0.2, 0.25) is 0 Å². The van der Waals surface area contributed by atoms with Crippen molar-refractivity contribution in [3.8, 4) is 5.75 Å². The molecule has 1 aromatic carbocycles. The molecule has 184 valence electrons. The Morgan fingerprint density at radius 1 is 1.09 bits per heavy atom. The lowest BCUT2D eigenvalue weighted by Gasteiger charge is -2.32. The third-order valence-electron chi connectivity index (χ3n) is 6.51. The van der Waals surface area contributed by atoms with Crippen molar-refractivity contribution in [2.75, 3.05) is 20.8 Å². The van der Waals surface area contributed by atoms with Crippen LogP contribution >= 0.6 is 0 Å². The SMILES string of the molecule is CCc1ccc(CCOc2ccc(CC(NC(=O)N(C)C3CCCCC3)C(=O)OC)cc2)nc1.